The minimum absolute atomic E-state index is 0.194. The third-order valence-corrected chi connectivity index (χ3v) is 3.31. The zero-order valence-corrected chi connectivity index (χ0v) is 8.13. The van der Waals surface area contributed by atoms with Crippen LogP contribution in [0.25, 0.3) is 0 Å². The van der Waals surface area contributed by atoms with Gasteiger partial charge in [-0.25, -0.2) is 22.2 Å². The number of rotatable bonds is 4. The number of hydrogen-bond acceptors (Lipinski definition) is 3. The maximum atomic E-state index is 11.9. The number of sulfonamides is 1. The summed E-state index contributed by atoms with van der Waals surface area (Å²) in [6.07, 6.45) is -0.460. The summed E-state index contributed by atoms with van der Waals surface area (Å²) in [5.41, 5.74) is 0. The topological polar surface area (TPSA) is 66.1 Å². The van der Waals surface area contributed by atoms with Crippen LogP contribution in [-0.4, -0.2) is 42.7 Å². The second-order valence-corrected chi connectivity index (χ2v) is 4.61. The van der Waals surface area contributed by atoms with Gasteiger partial charge in [0.05, 0.1) is 19.1 Å². The molecule has 1 aromatic heterocycles. The van der Waals surface area contributed by atoms with E-state index in [0.717, 1.165) is 13.2 Å². The van der Waals surface area contributed by atoms with Crippen LogP contribution < -0.4 is 0 Å². The van der Waals surface area contributed by atoms with Gasteiger partial charge in [0.15, 0.2) is 5.03 Å². The summed E-state index contributed by atoms with van der Waals surface area (Å²) in [7, 11) is -2.77. The number of nitrogens with one attached hydrogen (secondary N) is 1. The van der Waals surface area contributed by atoms with E-state index in [4.69, 9.17) is 0 Å². The molecule has 0 aromatic carbocycles. The van der Waals surface area contributed by atoms with Gasteiger partial charge < -0.3 is 4.98 Å². The molecule has 0 aliphatic rings. The number of H-pyrrole nitrogens is 1. The quantitative estimate of drug-likeness (QED) is 0.801. The fourth-order valence-electron chi connectivity index (χ4n) is 0.845. The number of hydrogen-bond donors (Lipinski definition) is 1. The predicted octanol–water partition coefficient (Wildman–Crippen LogP) is 0.295. The van der Waals surface area contributed by atoms with Crippen molar-refractivity contribution in [1.82, 2.24) is 14.3 Å². The van der Waals surface area contributed by atoms with Gasteiger partial charge in [0.1, 0.15) is 0 Å². The monoisotopic (exact) mass is 225 g/mol. The molecule has 14 heavy (non-hydrogen) atoms. The third kappa shape index (κ3) is 2.26. The molecular weight excluding hydrogens is 216 g/mol. The van der Waals surface area contributed by atoms with Crippen molar-refractivity contribution in [3.05, 3.63) is 12.5 Å². The average Bonchev–Trinajstić information content (AvgIpc) is 2.54. The van der Waals surface area contributed by atoms with Crippen LogP contribution in [0.5, 0.6) is 0 Å². The van der Waals surface area contributed by atoms with E-state index in [-0.39, 0.29) is 5.03 Å². The molecule has 0 saturated carbocycles. The van der Waals surface area contributed by atoms with Gasteiger partial charge in [-0.05, 0) is 0 Å². The Hall–Kier alpha value is -1.02. The van der Waals surface area contributed by atoms with E-state index in [0.29, 0.717) is 4.31 Å². The van der Waals surface area contributed by atoms with Crippen molar-refractivity contribution in [2.75, 3.05) is 13.6 Å². The molecule has 0 saturated heterocycles. The van der Waals surface area contributed by atoms with Crippen molar-refractivity contribution in [2.45, 2.75) is 11.5 Å². The molecule has 1 aromatic rings. The van der Waals surface area contributed by atoms with Crippen molar-refractivity contribution >= 4 is 10.0 Å². The minimum Gasteiger partial charge on any atom is -0.335 e. The fraction of sp³-hybridized carbons (Fsp3) is 0.500. The number of aromatic nitrogens is 2. The lowest BCUT2D eigenvalue weighted by Crippen LogP contribution is -2.31. The molecule has 0 atom stereocenters. The van der Waals surface area contributed by atoms with Gasteiger partial charge in [-0.15, -0.1) is 0 Å². The summed E-state index contributed by atoms with van der Waals surface area (Å²) in [5, 5.41) is -0.194. The molecule has 0 bridgehead atoms. The van der Waals surface area contributed by atoms with E-state index in [1.807, 2.05) is 0 Å². The summed E-state index contributed by atoms with van der Waals surface area (Å²) in [6, 6.07) is 0. The Morgan fingerprint density at radius 2 is 2.29 bits per heavy atom. The largest absolute Gasteiger partial charge is 0.335 e. The summed E-state index contributed by atoms with van der Waals surface area (Å²) in [4.78, 5) is 5.85. The van der Waals surface area contributed by atoms with Crippen LogP contribution in [0.4, 0.5) is 8.78 Å². The Kier molecular flexibility index (Phi) is 3.17. The van der Waals surface area contributed by atoms with Crippen LogP contribution in [0.3, 0.4) is 0 Å². The maximum absolute atomic E-state index is 11.9. The Morgan fingerprint density at radius 1 is 1.64 bits per heavy atom. The first kappa shape index (κ1) is 11.1. The summed E-state index contributed by atoms with van der Waals surface area (Å²) in [5.74, 6) is 0. The molecule has 80 valence electrons. The van der Waals surface area contributed by atoms with Gasteiger partial charge in [-0.3, -0.25) is 0 Å². The molecule has 1 heterocycles. The first-order valence-electron chi connectivity index (χ1n) is 3.67. The van der Waals surface area contributed by atoms with E-state index in [2.05, 4.69) is 9.97 Å². The molecule has 1 rings (SSSR count). The zero-order chi connectivity index (χ0) is 10.8. The van der Waals surface area contributed by atoms with Crippen LogP contribution in [0.2, 0.25) is 0 Å². The molecule has 0 radical (unpaired) electrons. The number of halogens is 2. The van der Waals surface area contributed by atoms with Gasteiger partial charge in [-0.1, -0.05) is 0 Å². The predicted molar refractivity (Wildman–Crippen MR) is 44.4 cm³/mol. The van der Waals surface area contributed by atoms with Crippen LogP contribution in [0, 0.1) is 0 Å². The van der Waals surface area contributed by atoms with Crippen molar-refractivity contribution in [1.29, 1.82) is 0 Å². The Bertz CT molecular complexity index is 376. The molecule has 0 aliphatic heterocycles. The van der Waals surface area contributed by atoms with E-state index >= 15 is 0 Å². The highest BCUT2D eigenvalue weighted by atomic mass is 32.2. The highest BCUT2D eigenvalue weighted by molar-refractivity contribution is 7.89. The van der Waals surface area contributed by atoms with Gasteiger partial charge in [0.25, 0.3) is 16.4 Å². The van der Waals surface area contributed by atoms with Gasteiger partial charge in [-0.2, -0.15) is 4.31 Å². The van der Waals surface area contributed by atoms with Crippen molar-refractivity contribution < 1.29 is 17.2 Å². The molecule has 1 N–H and O–H groups in total. The normalized spacial score (nSPS) is 12.6. The van der Waals surface area contributed by atoms with Crippen LogP contribution in [0.1, 0.15) is 0 Å². The number of aromatic amines is 1. The highest BCUT2D eigenvalue weighted by Crippen LogP contribution is 2.11. The summed E-state index contributed by atoms with van der Waals surface area (Å²) >= 11 is 0. The lowest BCUT2D eigenvalue weighted by atomic mass is 10.7. The van der Waals surface area contributed by atoms with Crippen molar-refractivity contribution in [3.63, 3.8) is 0 Å². The van der Waals surface area contributed by atoms with Crippen molar-refractivity contribution in [2.24, 2.45) is 0 Å². The standard InChI is InChI=1S/C6H9F2N3O2S/c1-11(3-5(7)8)14(12,13)6-2-9-4-10-6/h2,4-5H,3H2,1H3,(H,9,10). The SMILES string of the molecule is CN(CC(F)F)S(=O)(=O)c1cnc[nH]1. The first-order chi connectivity index (χ1) is 6.44. The zero-order valence-electron chi connectivity index (χ0n) is 7.31. The first-order valence-corrected chi connectivity index (χ1v) is 5.11. The molecule has 0 amide bonds. The smallest absolute Gasteiger partial charge is 0.260 e. The Balaban J connectivity index is 2.86. The van der Waals surface area contributed by atoms with E-state index in [1.165, 1.54) is 6.33 Å². The Labute approximate surface area is 79.8 Å². The Morgan fingerprint density at radius 3 is 2.71 bits per heavy atom. The lowest BCUT2D eigenvalue weighted by molar-refractivity contribution is 0.126. The van der Waals surface area contributed by atoms with Gasteiger partial charge >= 0.3 is 0 Å². The fourth-order valence-corrected chi connectivity index (χ4v) is 1.88. The maximum Gasteiger partial charge on any atom is 0.260 e. The molecule has 5 nitrogen and oxygen atoms in total. The summed E-state index contributed by atoms with van der Waals surface area (Å²) < 4.78 is 47.3. The van der Waals surface area contributed by atoms with Crippen LogP contribution in [0.15, 0.2) is 17.6 Å². The number of imidazole rings is 1. The van der Waals surface area contributed by atoms with E-state index in [1.54, 1.807) is 0 Å². The van der Waals surface area contributed by atoms with Gasteiger partial charge in [0, 0.05) is 7.05 Å². The second kappa shape index (κ2) is 4.01. The van der Waals surface area contributed by atoms with Gasteiger partial charge in [0.2, 0.25) is 0 Å². The minimum atomic E-state index is -3.86. The van der Waals surface area contributed by atoms with E-state index < -0.39 is 23.0 Å². The third-order valence-electron chi connectivity index (χ3n) is 1.56. The molecule has 0 spiro atoms. The number of nitrogens with zero attached hydrogens (tertiary/aromatic N) is 2. The molecule has 8 heteroatoms. The molecule has 0 aliphatic carbocycles. The molecular formula is C6H9F2N3O2S. The van der Waals surface area contributed by atoms with Crippen molar-refractivity contribution in [3.8, 4) is 0 Å². The van der Waals surface area contributed by atoms with Crippen LogP contribution >= 0.6 is 0 Å². The molecule has 0 fully saturated rings. The number of alkyl halides is 2. The second-order valence-electron chi connectivity index (χ2n) is 2.59. The average molecular weight is 225 g/mol. The molecule has 0 unspecified atom stereocenters. The highest BCUT2D eigenvalue weighted by Gasteiger charge is 2.24. The van der Waals surface area contributed by atoms with E-state index in [9.17, 15) is 17.2 Å². The van der Waals surface area contributed by atoms with Crippen LogP contribution in [-0.2, 0) is 10.0 Å². The summed E-state index contributed by atoms with van der Waals surface area (Å²) in [6.45, 7) is -0.832. The lowest BCUT2D eigenvalue weighted by Gasteiger charge is -2.14.